The van der Waals surface area contributed by atoms with E-state index in [9.17, 15) is 14.0 Å². The van der Waals surface area contributed by atoms with Crippen LogP contribution in [-0.2, 0) is 20.7 Å². The van der Waals surface area contributed by atoms with Gasteiger partial charge in [-0.2, -0.15) is 0 Å². The molecule has 1 aromatic carbocycles. The lowest BCUT2D eigenvalue weighted by Crippen LogP contribution is -2.41. The Morgan fingerprint density at radius 1 is 1.32 bits per heavy atom. The zero-order chi connectivity index (χ0) is 20.3. The van der Waals surface area contributed by atoms with Crippen molar-refractivity contribution in [3.63, 3.8) is 0 Å². The summed E-state index contributed by atoms with van der Waals surface area (Å²) in [6.07, 6.45) is 0.411. The van der Waals surface area contributed by atoms with Crippen molar-refractivity contribution < 1.29 is 28.0 Å². The first kappa shape index (κ1) is 19.9. The van der Waals surface area contributed by atoms with Crippen molar-refractivity contribution in [2.75, 3.05) is 13.7 Å². The number of benzene rings is 1. The van der Waals surface area contributed by atoms with Gasteiger partial charge in [-0.25, -0.2) is 9.18 Å². The minimum Gasteiger partial charge on any atom is -0.485 e. The van der Waals surface area contributed by atoms with Crippen LogP contribution in [0.5, 0.6) is 5.75 Å². The van der Waals surface area contributed by atoms with Crippen molar-refractivity contribution in [1.29, 1.82) is 0 Å². The lowest BCUT2D eigenvalue weighted by molar-refractivity contribution is -0.150. The average Bonchev–Trinajstić information content (AvgIpc) is 3.24. The fraction of sp³-hybridized carbons (Fsp3) is 0.450. The van der Waals surface area contributed by atoms with Crippen LogP contribution in [0.3, 0.4) is 0 Å². The largest absolute Gasteiger partial charge is 0.485 e. The van der Waals surface area contributed by atoms with E-state index in [1.807, 2.05) is 6.92 Å². The maximum Gasteiger partial charge on any atom is 0.328 e. The Bertz CT molecular complexity index is 847. The second kappa shape index (κ2) is 8.41. The number of carbonyl (C=O) groups excluding carboxylic acids is 2. The number of amides is 1. The number of carbonyl (C=O) groups is 2. The van der Waals surface area contributed by atoms with Gasteiger partial charge in [-0.3, -0.25) is 4.79 Å². The number of para-hydroxylation sites is 1. The third-order valence-corrected chi connectivity index (χ3v) is 4.96. The van der Waals surface area contributed by atoms with E-state index >= 15 is 0 Å². The highest BCUT2D eigenvalue weighted by Gasteiger charge is 2.41. The summed E-state index contributed by atoms with van der Waals surface area (Å²) in [5.74, 6) is -0.418. The van der Waals surface area contributed by atoms with Crippen LogP contribution in [0.2, 0.25) is 0 Å². The van der Waals surface area contributed by atoms with Crippen LogP contribution < -0.4 is 4.74 Å². The fourth-order valence-corrected chi connectivity index (χ4v) is 3.47. The number of hydrogen-bond donors (Lipinski definition) is 0. The van der Waals surface area contributed by atoms with E-state index in [-0.39, 0.29) is 31.0 Å². The van der Waals surface area contributed by atoms with Crippen LogP contribution in [0.15, 0.2) is 28.8 Å². The zero-order valence-electron chi connectivity index (χ0n) is 16.1. The molecule has 1 aliphatic rings. The van der Waals surface area contributed by atoms with E-state index in [4.69, 9.17) is 14.0 Å². The van der Waals surface area contributed by atoms with Crippen LogP contribution in [-0.4, -0.2) is 47.7 Å². The Balaban J connectivity index is 1.69. The molecule has 3 rings (SSSR count). The summed E-state index contributed by atoms with van der Waals surface area (Å²) in [5, 5.41) is 3.89. The third-order valence-electron chi connectivity index (χ3n) is 4.96. The van der Waals surface area contributed by atoms with Gasteiger partial charge in [0.05, 0.1) is 19.3 Å². The van der Waals surface area contributed by atoms with Crippen molar-refractivity contribution in [3.05, 3.63) is 47.1 Å². The molecular formula is C20H23FN2O5. The molecule has 0 aliphatic carbocycles. The van der Waals surface area contributed by atoms with Gasteiger partial charge in [0.15, 0.2) is 11.6 Å². The minimum atomic E-state index is -0.751. The number of likely N-dealkylation sites (tertiary alicyclic amines) is 1. The molecule has 7 nitrogen and oxygen atoms in total. The molecule has 2 heterocycles. The molecular weight excluding hydrogens is 367 g/mol. The molecule has 0 spiro atoms. The SMILES string of the molecule is COC(=O)[C@H]1C[C@H](Oc2ccccc2F)CN1C(=O)CCc1c(C)noc1C. The fourth-order valence-electron chi connectivity index (χ4n) is 3.47. The summed E-state index contributed by atoms with van der Waals surface area (Å²) in [4.78, 5) is 26.4. The predicted octanol–water partition coefficient (Wildman–Crippen LogP) is 2.58. The highest BCUT2D eigenvalue weighted by atomic mass is 19.1. The normalized spacial score (nSPS) is 18.9. The quantitative estimate of drug-likeness (QED) is 0.705. The van der Waals surface area contributed by atoms with Gasteiger partial charge >= 0.3 is 5.97 Å². The zero-order valence-corrected chi connectivity index (χ0v) is 16.1. The van der Waals surface area contributed by atoms with Crippen molar-refractivity contribution in [2.45, 2.75) is 45.3 Å². The summed E-state index contributed by atoms with van der Waals surface area (Å²) in [7, 11) is 1.28. The molecule has 8 heteroatoms. The van der Waals surface area contributed by atoms with Gasteiger partial charge in [0.2, 0.25) is 5.91 Å². The number of methoxy groups -OCH3 is 1. The Labute approximate surface area is 162 Å². The highest BCUT2D eigenvalue weighted by Crippen LogP contribution is 2.26. The van der Waals surface area contributed by atoms with Crippen LogP contribution in [0, 0.1) is 19.7 Å². The maximum absolute atomic E-state index is 13.9. The van der Waals surface area contributed by atoms with Crippen molar-refractivity contribution in [1.82, 2.24) is 10.1 Å². The second-order valence-electron chi connectivity index (χ2n) is 6.79. The maximum atomic E-state index is 13.9. The summed E-state index contributed by atoms with van der Waals surface area (Å²) in [6, 6.07) is 5.30. The molecule has 1 aromatic heterocycles. The molecule has 0 saturated carbocycles. The molecule has 1 amide bonds. The average molecular weight is 390 g/mol. The summed E-state index contributed by atoms with van der Waals surface area (Å²) in [6.45, 7) is 3.81. The molecule has 2 atom stereocenters. The van der Waals surface area contributed by atoms with E-state index in [0.29, 0.717) is 12.2 Å². The molecule has 28 heavy (non-hydrogen) atoms. The summed E-state index contributed by atoms with van der Waals surface area (Å²) >= 11 is 0. The number of aryl methyl sites for hydroxylation is 2. The Hall–Kier alpha value is -2.90. The number of esters is 1. The molecule has 2 aromatic rings. The molecule has 0 bridgehead atoms. The van der Waals surface area contributed by atoms with E-state index in [1.54, 1.807) is 19.1 Å². The third kappa shape index (κ3) is 4.16. The Kier molecular flexibility index (Phi) is 5.96. The Morgan fingerprint density at radius 2 is 2.07 bits per heavy atom. The topological polar surface area (TPSA) is 81.9 Å². The summed E-state index contributed by atoms with van der Waals surface area (Å²) in [5.41, 5.74) is 1.64. The van der Waals surface area contributed by atoms with E-state index < -0.39 is 23.9 Å². The lowest BCUT2D eigenvalue weighted by atomic mass is 10.1. The van der Waals surface area contributed by atoms with Gasteiger partial charge in [-0.05, 0) is 32.4 Å². The molecule has 1 aliphatic heterocycles. The van der Waals surface area contributed by atoms with Crippen molar-refractivity contribution in [3.8, 4) is 5.75 Å². The number of ether oxygens (including phenoxy) is 2. The van der Waals surface area contributed by atoms with Gasteiger partial charge < -0.3 is 18.9 Å². The van der Waals surface area contributed by atoms with Crippen LogP contribution >= 0.6 is 0 Å². The van der Waals surface area contributed by atoms with Gasteiger partial charge in [0.1, 0.15) is 17.9 Å². The monoisotopic (exact) mass is 390 g/mol. The van der Waals surface area contributed by atoms with E-state index in [1.165, 1.54) is 24.1 Å². The molecule has 0 unspecified atom stereocenters. The smallest absolute Gasteiger partial charge is 0.328 e. The van der Waals surface area contributed by atoms with Gasteiger partial charge in [-0.1, -0.05) is 17.3 Å². The number of rotatable bonds is 6. The first-order chi connectivity index (χ1) is 13.4. The number of nitrogens with zero attached hydrogens (tertiary/aromatic N) is 2. The molecule has 1 saturated heterocycles. The van der Waals surface area contributed by atoms with E-state index in [0.717, 1.165) is 11.3 Å². The molecule has 150 valence electrons. The van der Waals surface area contributed by atoms with Crippen molar-refractivity contribution >= 4 is 11.9 Å². The first-order valence-electron chi connectivity index (χ1n) is 9.11. The van der Waals surface area contributed by atoms with Crippen LogP contribution in [0.25, 0.3) is 0 Å². The van der Waals surface area contributed by atoms with Crippen molar-refractivity contribution in [2.24, 2.45) is 0 Å². The van der Waals surface area contributed by atoms with Crippen LogP contribution in [0.4, 0.5) is 4.39 Å². The van der Waals surface area contributed by atoms with Gasteiger partial charge in [0, 0.05) is 18.4 Å². The van der Waals surface area contributed by atoms with Crippen LogP contribution in [0.1, 0.15) is 29.9 Å². The second-order valence-corrected chi connectivity index (χ2v) is 6.79. The minimum absolute atomic E-state index is 0.0983. The molecule has 0 radical (unpaired) electrons. The first-order valence-corrected chi connectivity index (χ1v) is 9.11. The van der Waals surface area contributed by atoms with E-state index in [2.05, 4.69) is 5.16 Å². The molecule has 1 fully saturated rings. The molecule has 0 N–H and O–H groups in total. The van der Waals surface area contributed by atoms with Gasteiger partial charge in [-0.15, -0.1) is 0 Å². The summed E-state index contributed by atoms with van der Waals surface area (Å²) < 4.78 is 29.5. The Morgan fingerprint density at radius 3 is 2.71 bits per heavy atom. The number of halogens is 1. The number of hydrogen-bond acceptors (Lipinski definition) is 6. The van der Waals surface area contributed by atoms with Gasteiger partial charge in [0.25, 0.3) is 0 Å². The standard InChI is InChI=1S/C20H23FN2O5/c1-12-15(13(2)28-22-12)8-9-19(24)23-11-14(10-17(23)20(25)26-3)27-18-7-5-4-6-16(18)21/h4-7,14,17H,8-11H2,1-3H3/t14-,17+/m0/s1. The predicted molar refractivity (Wildman–Crippen MR) is 97.2 cm³/mol. The lowest BCUT2D eigenvalue weighted by Gasteiger charge is -2.22. The highest BCUT2D eigenvalue weighted by molar-refractivity contribution is 5.85. The number of aromatic nitrogens is 1.